The Bertz CT molecular complexity index is 157. The van der Waals surface area contributed by atoms with Crippen LogP contribution in [-0.2, 0) is 0 Å². The molecule has 0 bridgehead atoms. The molecule has 16 heavy (non-hydrogen) atoms. The fourth-order valence-corrected chi connectivity index (χ4v) is 1.82. The topological polar surface area (TPSA) is 41.3 Å². The molecule has 0 aliphatic rings. The zero-order valence-electron chi connectivity index (χ0n) is 11.8. The van der Waals surface area contributed by atoms with Gasteiger partial charge in [-0.1, -0.05) is 6.42 Å². The van der Waals surface area contributed by atoms with Crippen molar-refractivity contribution in [3.8, 4) is 0 Å². The molecule has 0 aromatic carbocycles. The van der Waals surface area contributed by atoms with Gasteiger partial charge in [-0.2, -0.15) is 0 Å². The molecule has 0 radical (unpaired) electrons. The van der Waals surface area contributed by atoms with E-state index in [1.807, 2.05) is 0 Å². The van der Waals surface area contributed by atoms with Gasteiger partial charge in [0.1, 0.15) is 0 Å². The van der Waals surface area contributed by atoms with Gasteiger partial charge in [0.25, 0.3) is 0 Å². The Morgan fingerprint density at radius 2 is 1.69 bits per heavy atom. The average Bonchev–Trinajstić information content (AvgIpc) is 2.21. The Labute approximate surface area is 102 Å². The summed E-state index contributed by atoms with van der Waals surface area (Å²) in [6, 6.07) is 1.67. The lowest BCUT2D eigenvalue weighted by Gasteiger charge is -2.23. The summed E-state index contributed by atoms with van der Waals surface area (Å²) in [6.07, 6.45) is 6.14. The van der Waals surface area contributed by atoms with Crippen molar-refractivity contribution >= 4 is 0 Å². The van der Waals surface area contributed by atoms with Gasteiger partial charge >= 0.3 is 0 Å². The molecule has 3 N–H and O–H groups in total. The minimum atomic E-state index is 0.346. The highest BCUT2D eigenvalue weighted by molar-refractivity contribution is 4.70. The summed E-state index contributed by atoms with van der Waals surface area (Å²) in [5, 5.41) is 3.41. The van der Waals surface area contributed by atoms with E-state index in [1.54, 1.807) is 0 Å². The van der Waals surface area contributed by atoms with E-state index in [9.17, 15) is 0 Å². The summed E-state index contributed by atoms with van der Waals surface area (Å²) in [7, 11) is 6.36. The Morgan fingerprint density at radius 1 is 1.06 bits per heavy atom. The van der Waals surface area contributed by atoms with E-state index in [-0.39, 0.29) is 0 Å². The van der Waals surface area contributed by atoms with Crippen molar-refractivity contribution < 1.29 is 0 Å². The molecule has 0 aliphatic carbocycles. The van der Waals surface area contributed by atoms with Crippen molar-refractivity contribution in [3.63, 3.8) is 0 Å². The summed E-state index contributed by atoms with van der Waals surface area (Å²) in [6.45, 7) is 4.37. The lowest BCUT2D eigenvalue weighted by atomic mass is 10.0. The molecule has 3 atom stereocenters. The van der Waals surface area contributed by atoms with Crippen molar-refractivity contribution in [3.05, 3.63) is 0 Å². The van der Waals surface area contributed by atoms with Crippen molar-refractivity contribution in [1.29, 1.82) is 0 Å². The minimum Gasteiger partial charge on any atom is -0.328 e. The summed E-state index contributed by atoms with van der Waals surface area (Å²) in [4.78, 5) is 2.29. The molecular formula is C13H31N3. The average molecular weight is 229 g/mol. The molecule has 0 amide bonds. The number of nitrogens with zero attached hydrogens (tertiary/aromatic N) is 1. The molecule has 3 unspecified atom stereocenters. The van der Waals surface area contributed by atoms with E-state index in [1.165, 1.54) is 25.7 Å². The Hall–Kier alpha value is -0.120. The quantitative estimate of drug-likeness (QED) is 0.634. The molecule has 3 nitrogen and oxygen atoms in total. The predicted octanol–water partition coefficient (Wildman–Crippen LogP) is 1.82. The molecular weight excluding hydrogens is 198 g/mol. The van der Waals surface area contributed by atoms with E-state index in [0.29, 0.717) is 18.1 Å². The highest BCUT2D eigenvalue weighted by Gasteiger charge is 2.10. The number of hydrogen-bond donors (Lipinski definition) is 2. The van der Waals surface area contributed by atoms with E-state index >= 15 is 0 Å². The van der Waals surface area contributed by atoms with Crippen LogP contribution in [0.3, 0.4) is 0 Å². The second-order valence-electron chi connectivity index (χ2n) is 5.28. The van der Waals surface area contributed by atoms with Gasteiger partial charge in [-0.15, -0.1) is 0 Å². The Morgan fingerprint density at radius 3 is 2.12 bits per heavy atom. The van der Waals surface area contributed by atoms with Crippen LogP contribution in [-0.4, -0.2) is 44.2 Å². The lowest BCUT2D eigenvalue weighted by Crippen LogP contribution is -2.30. The first-order valence-electron chi connectivity index (χ1n) is 6.56. The number of nitrogens with one attached hydrogen (secondary N) is 1. The summed E-state index contributed by atoms with van der Waals surface area (Å²) < 4.78 is 0. The van der Waals surface area contributed by atoms with Gasteiger partial charge in [-0.25, -0.2) is 0 Å². The van der Waals surface area contributed by atoms with Crippen LogP contribution in [0.1, 0.15) is 46.0 Å². The number of rotatable bonds is 9. The maximum absolute atomic E-state index is 5.75. The number of nitrogens with two attached hydrogens (primary N) is 1. The van der Waals surface area contributed by atoms with Crippen LogP contribution in [0.15, 0.2) is 0 Å². The third-order valence-electron chi connectivity index (χ3n) is 3.43. The standard InChI is InChI=1S/C13H31N3/c1-11(14)7-6-8-13(15-3)10-9-12(2)16(4)5/h11-13,15H,6-10,14H2,1-5H3. The van der Waals surface area contributed by atoms with Crippen molar-refractivity contribution in [2.45, 2.75) is 64.1 Å². The van der Waals surface area contributed by atoms with Crippen LogP contribution in [0, 0.1) is 0 Å². The normalized spacial score (nSPS) is 17.4. The molecule has 0 spiro atoms. The zero-order valence-corrected chi connectivity index (χ0v) is 11.8. The smallest absolute Gasteiger partial charge is 0.00646 e. The SMILES string of the molecule is CNC(CCCC(C)N)CCC(C)N(C)C. The van der Waals surface area contributed by atoms with E-state index in [2.05, 4.69) is 45.2 Å². The van der Waals surface area contributed by atoms with E-state index in [0.717, 1.165) is 6.42 Å². The molecule has 0 fully saturated rings. The molecule has 0 aliphatic heterocycles. The van der Waals surface area contributed by atoms with Crippen LogP contribution in [0.25, 0.3) is 0 Å². The van der Waals surface area contributed by atoms with Crippen LogP contribution >= 0.6 is 0 Å². The van der Waals surface area contributed by atoms with E-state index in [4.69, 9.17) is 5.73 Å². The summed E-state index contributed by atoms with van der Waals surface area (Å²) >= 11 is 0. The van der Waals surface area contributed by atoms with Gasteiger partial charge in [-0.05, 0) is 60.7 Å². The molecule has 0 heterocycles. The predicted molar refractivity (Wildman–Crippen MR) is 72.7 cm³/mol. The van der Waals surface area contributed by atoms with Gasteiger partial charge in [0.05, 0.1) is 0 Å². The fourth-order valence-electron chi connectivity index (χ4n) is 1.82. The largest absolute Gasteiger partial charge is 0.328 e. The fraction of sp³-hybridized carbons (Fsp3) is 1.00. The lowest BCUT2D eigenvalue weighted by molar-refractivity contribution is 0.280. The Balaban J connectivity index is 3.66. The highest BCUT2D eigenvalue weighted by atomic mass is 15.1. The van der Waals surface area contributed by atoms with Crippen LogP contribution in [0.2, 0.25) is 0 Å². The third-order valence-corrected chi connectivity index (χ3v) is 3.43. The molecule has 0 aromatic rings. The minimum absolute atomic E-state index is 0.346. The maximum Gasteiger partial charge on any atom is 0.00646 e. The molecule has 0 aromatic heterocycles. The Kier molecular flexibility index (Phi) is 8.90. The zero-order chi connectivity index (χ0) is 12.6. The summed E-state index contributed by atoms with van der Waals surface area (Å²) in [5.74, 6) is 0. The van der Waals surface area contributed by atoms with Crippen LogP contribution in [0.4, 0.5) is 0 Å². The van der Waals surface area contributed by atoms with Gasteiger partial charge in [-0.3, -0.25) is 0 Å². The van der Waals surface area contributed by atoms with Crippen LogP contribution in [0.5, 0.6) is 0 Å². The first kappa shape index (κ1) is 15.9. The van der Waals surface area contributed by atoms with Crippen molar-refractivity contribution in [2.24, 2.45) is 5.73 Å². The molecule has 0 saturated heterocycles. The highest BCUT2D eigenvalue weighted by Crippen LogP contribution is 2.11. The first-order chi connectivity index (χ1) is 7.47. The van der Waals surface area contributed by atoms with Gasteiger partial charge in [0, 0.05) is 18.1 Å². The molecule has 98 valence electrons. The molecule has 0 saturated carbocycles. The van der Waals surface area contributed by atoms with Gasteiger partial charge in [0.15, 0.2) is 0 Å². The summed E-state index contributed by atoms with van der Waals surface area (Å²) in [5.41, 5.74) is 5.75. The van der Waals surface area contributed by atoms with E-state index < -0.39 is 0 Å². The monoisotopic (exact) mass is 229 g/mol. The van der Waals surface area contributed by atoms with Gasteiger partial charge in [0.2, 0.25) is 0 Å². The van der Waals surface area contributed by atoms with Gasteiger partial charge < -0.3 is 16.0 Å². The number of hydrogen-bond acceptors (Lipinski definition) is 3. The second kappa shape index (κ2) is 8.97. The molecule has 0 rings (SSSR count). The first-order valence-corrected chi connectivity index (χ1v) is 6.56. The second-order valence-corrected chi connectivity index (χ2v) is 5.28. The third kappa shape index (κ3) is 8.08. The molecule has 3 heteroatoms. The van der Waals surface area contributed by atoms with Crippen LogP contribution < -0.4 is 11.1 Å². The van der Waals surface area contributed by atoms with Crippen molar-refractivity contribution in [2.75, 3.05) is 21.1 Å². The van der Waals surface area contributed by atoms with Crippen molar-refractivity contribution in [1.82, 2.24) is 10.2 Å². The maximum atomic E-state index is 5.75.